The van der Waals surface area contributed by atoms with Crippen LogP contribution in [0.25, 0.3) is 10.9 Å². The smallest absolute Gasteiger partial charge is 0.262 e. The van der Waals surface area contributed by atoms with E-state index in [1.54, 1.807) is 26.4 Å². The molecular weight excluding hydrogens is 336 g/mol. The van der Waals surface area contributed by atoms with E-state index in [1.807, 2.05) is 0 Å². The van der Waals surface area contributed by atoms with Crippen molar-refractivity contribution in [2.75, 3.05) is 40.6 Å². The molecule has 0 spiro atoms. The summed E-state index contributed by atoms with van der Waals surface area (Å²) >= 11 is 0. The average molecular weight is 362 g/mol. The van der Waals surface area contributed by atoms with Gasteiger partial charge in [0.25, 0.3) is 5.56 Å². The molecule has 2 aromatic rings. The molecule has 0 aliphatic heterocycles. The standard InChI is InChI=1S/C19H26N2O5/c1-23-7-9-25-14-11-15-17(16(12-14)26-10-8-24-2)19(22)21-18(20-15)13-5-3-4-6-13/h11-13H,3-10H2,1-2H3,(H,20,21,22). The van der Waals surface area contributed by atoms with E-state index < -0.39 is 0 Å². The van der Waals surface area contributed by atoms with Gasteiger partial charge in [0.1, 0.15) is 35.9 Å². The molecule has 1 aliphatic rings. The van der Waals surface area contributed by atoms with Crippen LogP contribution in [0.4, 0.5) is 0 Å². The Bertz CT molecular complexity index is 783. The summed E-state index contributed by atoms with van der Waals surface area (Å²) in [5.41, 5.74) is 0.422. The van der Waals surface area contributed by atoms with Crippen molar-refractivity contribution in [3.63, 3.8) is 0 Å². The van der Waals surface area contributed by atoms with Gasteiger partial charge in [-0.2, -0.15) is 0 Å². The second kappa shape index (κ2) is 9.00. The zero-order valence-electron chi connectivity index (χ0n) is 15.4. The Morgan fingerprint density at radius 3 is 2.42 bits per heavy atom. The van der Waals surface area contributed by atoms with Crippen LogP contribution in [0.5, 0.6) is 11.5 Å². The van der Waals surface area contributed by atoms with Crippen LogP contribution in [0.15, 0.2) is 16.9 Å². The van der Waals surface area contributed by atoms with Crippen LogP contribution in [-0.4, -0.2) is 50.6 Å². The molecular formula is C19H26N2O5. The lowest BCUT2D eigenvalue weighted by molar-refractivity contribution is 0.143. The molecule has 1 aromatic heterocycles. The Hall–Kier alpha value is -2.12. The third kappa shape index (κ3) is 4.34. The highest BCUT2D eigenvalue weighted by molar-refractivity contribution is 5.86. The van der Waals surface area contributed by atoms with E-state index in [0.29, 0.717) is 54.7 Å². The molecule has 0 saturated heterocycles. The van der Waals surface area contributed by atoms with Crippen molar-refractivity contribution in [1.29, 1.82) is 0 Å². The van der Waals surface area contributed by atoms with Gasteiger partial charge in [0, 0.05) is 32.3 Å². The van der Waals surface area contributed by atoms with Crippen LogP contribution in [0.3, 0.4) is 0 Å². The number of methoxy groups -OCH3 is 2. The summed E-state index contributed by atoms with van der Waals surface area (Å²) in [7, 11) is 3.23. The number of rotatable bonds is 9. The van der Waals surface area contributed by atoms with Crippen LogP contribution in [0.1, 0.15) is 37.4 Å². The molecule has 0 radical (unpaired) electrons. The zero-order valence-corrected chi connectivity index (χ0v) is 15.4. The SMILES string of the molecule is COCCOc1cc(OCCOC)c2c(=O)[nH]c(C3CCCC3)nc2c1. The van der Waals surface area contributed by atoms with E-state index >= 15 is 0 Å². The maximum Gasteiger partial charge on any atom is 0.262 e. The molecule has 1 N–H and O–H groups in total. The van der Waals surface area contributed by atoms with Crippen molar-refractivity contribution in [2.45, 2.75) is 31.6 Å². The van der Waals surface area contributed by atoms with Crippen LogP contribution in [0.2, 0.25) is 0 Å². The molecule has 7 heteroatoms. The fraction of sp³-hybridized carbons (Fsp3) is 0.579. The Morgan fingerprint density at radius 2 is 1.73 bits per heavy atom. The lowest BCUT2D eigenvalue weighted by atomic mass is 10.1. The summed E-state index contributed by atoms with van der Waals surface area (Å²) in [5.74, 6) is 2.15. The second-order valence-electron chi connectivity index (χ2n) is 6.43. The minimum absolute atomic E-state index is 0.173. The predicted molar refractivity (Wildman–Crippen MR) is 98.3 cm³/mol. The van der Waals surface area contributed by atoms with Crippen molar-refractivity contribution >= 4 is 10.9 Å². The summed E-state index contributed by atoms with van der Waals surface area (Å²) in [6, 6.07) is 3.52. The van der Waals surface area contributed by atoms with Crippen LogP contribution in [-0.2, 0) is 9.47 Å². The van der Waals surface area contributed by atoms with Gasteiger partial charge >= 0.3 is 0 Å². The normalized spacial score (nSPS) is 14.8. The molecule has 7 nitrogen and oxygen atoms in total. The highest BCUT2D eigenvalue weighted by Gasteiger charge is 2.21. The number of H-pyrrole nitrogens is 1. The quantitative estimate of drug-likeness (QED) is 0.691. The van der Waals surface area contributed by atoms with Crippen molar-refractivity contribution < 1.29 is 18.9 Å². The molecule has 142 valence electrons. The molecule has 0 bridgehead atoms. The molecule has 26 heavy (non-hydrogen) atoms. The van der Waals surface area contributed by atoms with E-state index in [9.17, 15) is 4.79 Å². The van der Waals surface area contributed by atoms with Crippen molar-refractivity contribution in [3.8, 4) is 11.5 Å². The van der Waals surface area contributed by atoms with E-state index in [4.69, 9.17) is 23.9 Å². The number of aromatic amines is 1. The number of fused-ring (bicyclic) bond motifs is 1. The molecule has 1 aromatic carbocycles. The summed E-state index contributed by atoms with van der Waals surface area (Å²) in [6.07, 6.45) is 4.49. The fourth-order valence-electron chi connectivity index (χ4n) is 3.30. The van der Waals surface area contributed by atoms with Gasteiger partial charge in [-0.25, -0.2) is 4.98 Å². The first kappa shape index (κ1) is 18.7. The predicted octanol–water partition coefficient (Wildman–Crippen LogP) is 2.63. The third-order valence-corrected chi connectivity index (χ3v) is 4.61. The van der Waals surface area contributed by atoms with Crippen LogP contribution in [0, 0.1) is 0 Å². The van der Waals surface area contributed by atoms with Crippen molar-refractivity contribution in [3.05, 3.63) is 28.3 Å². The van der Waals surface area contributed by atoms with Crippen LogP contribution < -0.4 is 15.0 Å². The van der Waals surface area contributed by atoms with Gasteiger partial charge in [-0.15, -0.1) is 0 Å². The molecule has 1 fully saturated rings. The Morgan fingerprint density at radius 1 is 1.04 bits per heavy atom. The van der Waals surface area contributed by atoms with Gasteiger partial charge in [0.15, 0.2) is 0 Å². The third-order valence-electron chi connectivity index (χ3n) is 4.61. The Kier molecular flexibility index (Phi) is 6.46. The zero-order chi connectivity index (χ0) is 18.4. The molecule has 0 atom stereocenters. The largest absolute Gasteiger partial charge is 0.491 e. The van der Waals surface area contributed by atoms with E-state index in [0.717, 1.165) is 18.7 Å². The van der Waals surface area contributed by atoms with E-state index in [2.05, 4.69) is 4.98 Å². The molecule has 1 heterocycles. The summed E-state index contributed by atoms with van der Waals surface area (Å²) < 4.78 is 21.5. The number of aromatic nitrogens is 2. The Labute approximate surface area is 152 Å². The van der Waals surface area contributed by atoms with Gasteiger partial charge in [-0.3, -0.25) is 4.79 Å². The van der Waals surface area contributed by atoms with Gasteiger partial charge in [0.05, 0.1) is 18.7 Å². The highest BCUT2D eigenvalue weighted by atomic mass is 16.5. The lowest BCUT2D eigenvalue weighted by Crippen LogP contribution is -2.16. The summed E-state index contributed by atoms with van der Waals surface area (Å²) in [5, 5.41) is 0.446. The summed E-state index contributed by atoms with van der Waals surface area (Å²) in [6.45, 7) is 1.67. The number of nitrogens with zero attached hydrogens (tertiary/aromatic N) is 1. The van der Waals surface area contributed by atoms with Crippen molar-refractivity contribution in [1.82, 2.24) is 9.97 Å². The number of hydrogen-bond acceptors (Lipinski definition) is 6. The fourth-order valence-corrected chi connectivity index (χ4v) is 3.30. The molecule has 3 rings (SSSR count). The Balaban J connectivity index is 1.98. The van der Waals surface area contributed by atoms with Gasteiger partial charge in [-0.1, -0.05) is 12.8 Å². The molecule has 0 amide bonds. The maximum atomic E-state index is 12.7. The first-order chi connectivity index (χ1) is 12.7. The topological polar surface area (TPSA) is 82.7 Å². The van der Waals surface area contributed by atoms with E-state index in [1.165, 1.54) is 12.8 Å². The average Bonchev–Trinajstić information content (AvgIpc) is 3.16. The number of ether oxygens (including phenoxy) is 4. The first-order valence-electron chi connectivity index (χ1n) is 9.04. The number of hydrogen-bond donors (Lipinski definition) is 1. The second-order valence-corrected chi connectivity index (χ2v) is 6.43. The molecule has 1 saturated carbocycles. The van der Waals surface area contributed by atoms with Gasteiger partial charge < -0.3 is 23.9 Å². The highest BCUT2D eigenvalue weighted by Crippen LogP contribution is 2.34. The maximum absolute atomic E-state index is 12.7. The monoisotopic (exact) mass is 362 g/mol. The molecule has 0 unspecified atom stereocenters. The van der Waals surface area contributed by atoms with Gasteiger partial charge in [-0.05, 0) is 12.8 Å². The minimum Gasteiger partial charge on any atom is -0.491 e. The van der Waals surface area contributed by atoms with Crippen LogP contribution >= 0.6 is 0 Å². The minimum atomic E-state index is -0.173. The number of nitrogens with one attached hydrogen (secondary N) is 1. The lowest BCUT2D eigenvalue weighted by Gasteiger charge is -2.14. The molecule has 1 aliphatic carbocycles. The van der Waals surface area contributed by atoms with Crippen molar-refractivity contribution in [2.24, 2.45) is 0 Å². The van der Waals surface area contributed by atoms with Gasteiger partial charge in [0.2, 0.25) is 0 Å². The first-order valence-corrected chi connectivity index (χ1v) is 9.04. The van der Waals surface area contributed by atoms with E-state index in [-0.39, 0.29) is 5.56 Å². The number of benzene rings is 1. The summed E-state index contributed by atoms with van der Waals surface area (Å²) in [4.78, 5) is 20.4.